The number of aromatic nitrogens is 1. The number of aliphatic hydroxyl groups is 1. The van der Waals surface area contributed by atoms with Gasteiger partial charge in [-0.2, -0.15) is 0 Å². The third kappa shape index (κ3) is 1.90. The van der Waals surface area contributed by atoms with Crippen molar-refractivity contribution in [1.29, 1.82) is 0 Å². The molecule has 0 bridgehead atoms. The number of fused-ring (bicyclic) bond motifs is 1. The molecular formula is C11H16N2O3. The van der Waals surface area contributed by atoms with Gasteiger partial charge in [-0.05, 0) is 24.5 Å². The minimum absolute atomic E-state index is 0.453. The van der Waals surface area contributed by atoms with Gasteiger partial charge < -0.3 is 9.84 Å². The van der Waals surface area contributed by atoms with Gasteiger partial charge in [-0.3, -0.25) is 9.69 Å². The van der Waals surface area contributed by atoms with Crippen molar-refractivity contribution in [2.45, 2.75) is 26.7 Å². The highest BCUT2D eigenvalue weighted by molar-refractivity contribution is 5.88. The van der Waals surface area contributed by atoms with E-state index in [4.69, 9.17) is 4.74 Å². The monoisotopic (exact) mass is 224 g/mol. The molecule has 0 aliphatic carbocycles. The van der Waals surface area contributed by atoms with Gasteiger partial charge in [0, 0.05) is 12.7 Å². The predicted molar refractivity (Wildman–Crippen MR) is 58.4 cm³/mol. The van der Waals surface area contributed by atoms with Gasteiger partial charge in [0.1, 0.15) is 5.69 Å². The summed E-state index contributed by atoms with van der Waals surface area (Å²) >= 11 is 0. The zero-order chi connectivity index (χ0) is 11.7. The van der Waals surface area contributed by atoms with Crippen LogP contribution in [0.2, 0.25) is 0 Å². The van der Waals surface area contributed by atoms with E-state index in [1.807, 2.05) is 0 Å². The number of cyclic esters (lactones) is 1. The number of hydrogen-bond donors (Lipinski definition) is 1. The number of esters is 1. The quantitative estimate of drug-likeness (QED) is 0.776. The standard InChI is InChI=1S/C11H16N2O3/c1-8(2)5-7-13-11(15)16-10(14)9-4-3-6-12(9)13/h3-4,6,8,11,15H,5,7H2,1-2H3. The van der Waals surface area contributed by atoms with Gasteiger partial charge in [0.2, 0.25) is 0 Å². The van der Waals surface area contributed by atoms with Gasteiger partial charge >= 0.3 is 5.97 Å². The number of carbonyl (C=O) groups excluding carboxylic acids is 1. The lowest BCUT2D eigenvalue weighted by Gasteiger charge is -2.35. The Balaban J connectivity index is 2.19. The third-order valence-corrected chi connectivity index (χ3v) is 2.62. The highest BCUT2D eigenvalue weighted by Crippen LogP contribution is 2.16. The summed E-state index contributed by atoms with van der Waals surface area (Å²) in [5, 5.41) is 11.3. The molecule has 0 radical (unpaired) electrons. The van der Waals surface area contributed by atoms with Gasteiger partial charge in [0.15, 0.2) is 0 Å². The fourth-order valence-corrected chi connectivity index (χ4v) is 1.69. The smallest absolute Gasteiger partial charge is 0.360 e. The Morgan fingerprint density at radius 1 is 1.56 bits per heavy atom. The normalized spacial score (nSPS) is 19.9. The Labute approximate surface area is 94.2 Å². The second-order valence-corrected chi connectivity index (χ2v) is 4.32. The van der Waals surface area contributed by atoms with Crippen LogP contribution in [-0.2, 0) is 4.74 Å². The molecule has 88 valence electrons. The highest BCUT2D eigenvalue weighted by Gasteiger charge is 2.30. The van der Waals surface area contributed by atoms with E-state index < -0.39 is 12.4 Å². The number of carbonyl (C=O) groups is 1. The van der Waals surface area contributed by atoms with Crippen molar-refractivity contribution < 1.29 is 14.6 Å². The van der Waals surface area contributed by atoms with Crippen LogP contribution in [0.25, 0.3) is 0 Å². The van der Waals surface area contributed by atoms with Crippen molar-refractivity contribution in [3.63, 3.8) is 0 Å². The first-order valence-corrected chi connectivity index (χ1v) is 5.43. The minimum Gasteiger partial charge on any atom is -0.410 e. The number of ether oxygens (including phenoxy) is 1. The molecule has 0 saturated carbocycles. The molecule has 1 aromatic rings. The Kier molecular flexibility index (Phi) is 2.87. The molecule has 0 aromatic carbocycles. The summed E-state index contributed by atoms with van der Waals surface area (Å²) in [4.78, 5) is 11.4. The van der Waals surface area contributed by atoms with Gasteiger partial charge in [-0.15, -0.1) is 0 Å². The molecule has 0 amide bonds. The average molecular weight is 224 g/mol. The van der Waals surface area contributed by atoms with Crippen LogP contribution in [-0.4, -0.2) is 28.7 Å². The van der Waals surface area contributed by atoms with E-state index in [-0.39, 0.29) is 0 Å². The fourth-order valence-electron chi connectivity index (χ4n) is 1.69. The molecule has 5 heteroatoms. The van der Waals surface area contributed by atoms with Crippen molar-refractivity contribution in [2.24, 2.45) is 5.92 Å². The van der Waals surface area contributed by atoms with Crippen molar-refractivity contribution in [3.8, 4) is 0 Å². The molecule has 0 fully saturated rings. The Morgan fingerprint density at radius 3 is 3.00 bits per heavy atom. The second-order valence-electron chi connectivity index (χ2n) is 4.32. The molecule has 1 aliphatic rings. The SMILES string of the molecule is CC(C)CCN1C(O)OC(=O)c2cccn21. The van der Waals surface area contributed by atoms with E-state index in [0.717, 1.165) is 6.42 Å². The Bertz CT molecular complexity index is 386. The summed E-state index contributed by atoms with van der Waals surface area (Å²) < 4.78 is 6.49. The molecule has 1 unspecified atom stereocenters. The highest BCUT2D eigenvalue weighted by atomic mass is 16.7. The number of rotatable bonds is 3. The fraction of sp³-hybridized carbons (Fsp3) is 0.545. The largest absolute Gasteiger partial charge is 0.410 e. The third-order valence-electron chi connectivity index (χ3n) is 2.62. The summed E-state index contributed by atoms with van der Waals surface area (Å²) in [5.74, 6) is 0.0436. The Morgan fingerprint density at radius 2 is 2.31 bits per heavy atom. The molecule has 16 heavy (non-hydrogen) atoms. The topological polar surface area (TPSA) is 54.7 Å². The molecule has 2 heterocycles. The first kappa shape index (κ1) is 11.0. The predicted octanol–water partition coefficient (Wildman–Crippen LogP) is 0.918. The molecule has 5 nitrogen and oxygen atoms in total. The van der Waals surface area contributed by atoms with E-state index in [9.17, 15) is 9.90 Å². The molecule has 2 rings (SSSR count). The lowest BCUT2D eigenvalue weighted by molar-refractivity contribution is -0.0882. The summed E-state index contributed by atoms with van der Waals surface area (Å²) in [6.45, 7) is 4.87. The zero-order valence-corrected chi connectivity index (χ0v) is 9.46. The molecular weight excluding hydrogens is 208 g/mol. The minimum atomic E-state index is -1.19. The van der Waals surface area contributed by atoms with E-state index >= 15 is 0 Å². The second kappa shape index (κ2) is 4.17. The van der Waals surface area contributed by atoms with Crippen molar-refractivity contribution in [2.75, 3.05) is 11.6 Å². The summed E-state index contributed by atoms with van der Waals surface area (Å²) in [7, 11) is 0. The van der Waals surface area contributed by atoms with Gasteiger partial charge in [0.05, 0.1) is 0 Å². The maximum Gasteiger partial charge on any atom is 0.360 e. The van der Waals surface area contributed by atoms with Crippen LogP contribution in [0.15, 0.2) is 18.3 Å². The number of hydrogen-bond acceptors (Lipinski definition) is 4. The van der Waals surface area contributed by atoms with Crippen LogP contribution < -0.4 is 5.01 Å². The van der Waals surface area contributed by atoms with Crippen LogP contribution >= 0.6 is 0 Å². The van der Waals surface area contributed by atoms with Crippen LogP contribution in [0.5, 0.6) is 0 Å². The lowest BCUT2D eigenvalue weighted by Crippen LogP contribution is -2.51. The van der Waals surface area contributed by atoms with Gasteiger partial charge in [0.25, 0.3) is 6.41 Å². The van der Waals surface area contributed by atoms with Crippen molar-refractivity contribution >= 4 is 5.97 Å². The lowest BCUT2D eigenvalue weighted by atomic mass is 10.1. The zero-order valence-electron chi connectivity index (χ0n) is 9.46. The molecule has 0 spiro atoms. The first-order chi connectivity index (χ1) is 7.59. The summed E-state index contributed by atoms with van der Waals surface area (Å²) in [6, 6.07) is 3.44. The molecule has 1 aliphatic heterocycles. The van der Waals surface area contributed by atoms with Crippen molar-refractivity contribution in [3.05, 3.63) is 24.0 Å². The van der Waals surface area contributed by atoms with Crippen LogP contribution in [0.3, 0.4) is 0 Å². The average Bonchev–Trinajstić information content (AvgIpc) is 2.65. The molecule has 1 N–H and O–H groups in total. The summed E-state index contributed by atoms with van der Waals surface area (Å²) in [5.41, 5.74) is 0.453. The molecule has 0 saturated heterocycles. The number of nitrogens with zero attached hydrogens (tertiary/aromatic N) is 2. The summed E-state index contributed by atoms with van der Waals surface area (Å²) in [6.07, 6.45) is 1.48. The molecule has 1 atom stereocenters. The van der Waals surface area contributed by atoms with Gasteiger partial charge in [-0.1, -0.05) is 13.8 Å². The van der Waals surface area contributed by atoms with E-state index in [1.165, 1.54) is 0 Å². The van der Waals surface area contributed by atoms with Gasteiger partial charge in [-0.25, -0.2) is 4.79 Å². The van der Waals surface area contributed by atoms with E-state index in [2.05, 4.69) is 13.8 Å². The van der Waals surface area contributed by atoms with Crippen LogP contribution in [0, 0.1) is 5.92 Å². The maximum atomic E-state index is 11.4. The first-order valence-electron chi connectivity index (χ1n) is 5.43. The van der Waals surface area contributed by atoms with Crippen LogP contribution in [0.1, 0.15) is 30.8 Å². The maximum absolute atomic E-state index is 11.4. The van der Waals surface area contributed by atoms with E-state index in [1.54, 1.807) is 28.0 Å². The molecule has 1 aromatic heterocycles. The number of aliphatic hydroxyl groups excluding tert-OH is 1. The van der Waals surface area contributed by atoms with Crippen LogP contribution in [0.4, 0.5) is 0 Å². The van der Waals surface area contributed by atoms with E-state index in [0.29, 0.717) is 18.2 Å². The Hall–Kier alpha value is -1.49. The van der Waals surface area contributed by atoms with Crippen molar-refractivity contribution in [1.82, 2.24) is 4.68 Å².